The number of allylic oxidation sites excluding steroid dienone is 3. The number of benzene rings is 1. The van der Waals surface area contributed by atoms with E-state index in [2.05, 4.69) is 16.0 Å². The standard InChI is InChI=1S/C17H13N3O2/c1-2-3-4-5-16(21)22-17-19-11-15(12-20-17)14-8-6-13(10-18)7-9-14/h2-9,11-12H,1H3/b3-2+,5-4+. The van der Waals surface area contributed by atoms with Gasteiger partial charge in [-0.1, -0.05) is 30.4 Å². The summed E-state index contributed by atoms with van der Waals surface area (Å²) in [4.78, 5) is 19.4. The minimum absolute atomic E-state index is 0.00692. The molecule has 0 N–H and O–H groups in total. The van der Waals surface area contributed by atoms with Gasteiger partial charge >= 0.3 is 12.0 Å². The highest BCUT2D eigenvalue weighted by molar-refractivity contribution is 5.83. The molecule has 1 heterocycles. The molecule has 22 heavy (non-hydrogen) atoms. The van der Waals surface area contributed by atoms with E-state index in [1.54, 1.807) is 42.8 Å². The van der Waals surface area contributed by atoms with Crippen molar-refractivity contribution in [1.29, 1.82) is 5.26 Å². The summed E-state index contributed by atoms with van der Waals surface area (Å²) < 4.78 is 4.96. The number of carbonyl (C=O) groups is 1. The second-order valence-corrected chi connectivity index (χ2v) is 4.25. The van der Waals surface area contributed by atoms with Crippen LogP contribution in [0.2, 0.25) is 0 Å². The molecule has 1 aromatic heterocycles. The topological polar surface area (TPSA) is 75.9 Å². The molecule has 0 fully saturated rings. The number of nitriles is 1. The van der Waals surface area contributed by atoms with Crippen LogP contribution in [0.25, 0.3) is 11.1 Å². The van der Waals surface area contributed by atoms with E-state index in [4.69, 9.17) is 10.00 Å². The molecule has 5 heteroatoms. The molecule has 1 aromatic carbocycles. The highest BCUT2D eigenvalue weighted by Crippen LogP contribution is 2.19. The fraction of sp³-hybridized carbons (Fsp3) is 0.0588. The number of carbonyl (C=O) groups excluding carboxylic acids is 1. The molecule has 2 rings (SSSR count). The van der Waals surface area contributed by atoms with Crippen LogP contribution in [0.15, 0.2) is 61.0 Å². The summed E-state index contributed by atoms with van der Waals surface area (Å²) in [6.45, 7) is 1.85. The lowest BCUT2D eigenvalue weighted by Gasteiger charge is -2.02. The van der Waals surface area contributed by atoms with Gasteiger partial charge in [0.15, 0.2) is 0 Å². The Bertz CT molecular complexity index is 739. The number of aromatic nitrogens is 2. The van der Waals surface area contributed by atoms with Crippen molar-refractivity contribution < 1.29 is 9.53 Å². The smallest absolute Gasteiger partial charge is 0.338 e. The third kappa shape index (κ3) is 4.12. The molecular weight excluding hydrogens is 278 g/mol. The number of rotatable bonds is 4. The minimum atomic E-state index is -0.538. The maximum atomic E-state index is 11.5. The summed E-state index contributed by atoms with van der Waals surface area (Å²) in [6, 6.07) is 9.10. The summed E-state index contributed by atoms with van der Waals surface area (Å²) in [5.74, 6) is -0.538. The SMILES string of the molecule is C/C=C/C=C/C(=O)Oc1ncc(-c2ccc(C#N)cc2)cn1. The molecule has 0 spiro atoms. The molecule has 0 aliphatic heterocycles. The molecule has 5 nitrogen and oxygen atoms in total. The van der Waals surface area contributed by atoms with Gasteiger partial charge in [0.1, 0.15) is 0 Å². The second kappa shape index (κ2) is 7.50. The third-order valence-corrected chi connectivity index (χ3v) is 2.70. The van der Waals surface area contributed by atoms with Gasteiger partial charge in [0.25, 0.3) is 0 Å². The highest BCUT2D eigenvalue weighted by Gasteiger charge is 2.05. The van der Waals surface area contributed by atoms with Gasteiger partial charge in [0.2, 0.25) is 0 Å². The number of hydrogen-bond donors (Lipinski definition) is 0. The van der Waals surface area contributed by atoms with Gasteiger partial charge in [0.05, 0.1) is 11.6 Å². The molecule has 108 valence electrons. The van der Waals surface area contributed by atoms with Gasteiger partial charge in [-0.15, -0.1) is 0 Å². The molecule has 0 bridgehead atoms. The van der Waals surface area contributed by atoms with Crippen LogP contribution in [-0.4, -0.2) is 15.9 Å². The van der Waals surface area contributed by atoms with E-state index in [1.807, 2.05) is 19.1 Å². The first kappa shape index (κ1) is 15.1. The normalized spacial score (nSPS) is 10.7. The lowest BCUT2D eigenvalue weighted by atomic mass is 10.1. The molecule has 0 aliphatic rings. The van der Waals surface area contributed by atoms with Gasteiger partial charge in [-0.3, -0.25) is 0 Å². The zero-order valence-electron chi connectivity index (χ0n) is 11.9. The van der Waals surface area contributed by atoms with Crippen LogP contribution in [0.1, 0.15) is 12.5 Å². The second-order valence-electron chi connectivity index (χ2n) is 4.25. The Morgan fingerprint density at radius 1 is 1.14 bits per heavy atom. The van der Waals surface area contributed by atoms with Crippen molar-refractivity contribution in [3.8, 4) is 23.2 Å². The summed E-state index contributed by atoms with van der Waals surface area (Å²) in [5, 5.41) is 8.76. The number of esters is 1. The van der Waals surface area contributed by atoms with Crippen molar-refractivity contribution in [2.75, 3.05) is 0 Å². The lowest BCUT2D eigenvalue weighted by Crippen LogP contribution is -2.06. The molecule has 0 saturated carbocycles. The number of ether oxygens (including phenoxy) is 1. The maximum Gasteiger partial charge on any atom is 0.338 e. The van der Waals surface area contributed by atoms with Crippen LogP contribution in [0.5, 0.6) is 6.01 Å². The third-order valence-electron chi connectivity index (χ3n) is 2.70. The molecule has 0 unspecified atom stereocenters. The molecule has 0 saturated heterocycles. The van der Waals surface area contributed by atoms with E-state index < -0.39 is 5.97 Å². The molecule has 0 amide bonds. The fourth-order valence-electron chi connectivity index (χ4n) is 1.62. The van der Waals surface area contributed by atoms with E-state index in [9.17, 15) is 4.79 Å². The Morgan fingerprint density at radius 2 is 1.82 bits per heavy atom. The average Bonchev–Trinajstić information content (AvgIpc) is 2.56. The number of hydrogen-bond acceptors (Lipinski definition) is 5. The minimum Gasteiger partial charge on any atom is -0.388 e. The van der Waals surface area contributed by atoms with Crippen molar-refractivity contribution >= 4 is 5.97 Å². The quantitative estimate of drug-likeness (QED) is 0.491. The first-order valence-electron chi connectivity index (χ1n) is 6.56. The van der Waals surface area contributed by atoms with E-state index in [0.29, 0.717) is 5.56 Å². The maximum absolute atomic E-state index is 11.5. The van der Waals surface area contributed by atoms with E-state index in [0.717, 1.165) is 11.1 Å². The number of nitrogens with zero attached hydrogens (tertiary/aromatic N) is 3. The largest absolute Gasteiger partial charge is 0.388 e. The summed E-state index contributed by atoms with van der Waals surface area (Å²) in [6.07, 6.45) is 9.51. The van der Waals surface area contributed by atoms with Crippen LogP contribution in [0.3, 0.4) is 0 Å². The molecule has 2 aromatic rings. The monoisotopic (exact) mass is 291 g/mol. The van der Waals surface area contributed by atoms with Crippen molar-refractivity contribution in [3.63, 3.8) is 0 Å². The lowest BCUT2D eigenvalue weighted by molar-refractivity contribution is -0.129. The molecule has 0 aliphatic carbocycles. The van der Waals surface area contributed by atoms with Gasteiger partial charge in [0, 0.05) is 24.0 Å². The van der Waals surface area contributed by atoms with Crippen LogP contribution in [0.4, 0.5) is 0 Å². The van der Waals surface area contributed by atoms with Crippen molar-refractivity contribution in [1.82, 2.24) is 9.97 Å². The Labute approximate surface area is 128 Å². The Balaban J connectivity index is 2.06. The first-order chi connectivity index (χ1) is 10.7. The van der Waals surface area contributed by atoms with Gasteiger partial charge in [-0.25, -0.2) is 14.8 Å². The Hall–Kier alpha value is -3.26. The first-order valence-corrected chi connectivity index (χ1v) is 6.56. The van der Waals surface area contributed by atoms with Crippen molar-refractivity contribution in [2.24, 2.45) is 0 Å². The average molecular weight is 291 g/mol. The Kier molecular flexibility index (Phi) is 5.16. The summed E-state index contributed by atoms with van der Waals surface area (Å²) in [7, 11) is 0. The van der Waals surface area contributed by atoms with E-state index >= 15 is 0 Å². The zero-order chi connectivity index (χ0) is 15.8. The van der Waals surface area contributed by atoms with Crippen molar-refractivity contribution in [3.05, 3.63) is 66.5 Å². The van der Waals surface area contributed by atoms with Crippen LogP contribution in [-0.2, 0) is 4.79 Å². The Morgan fingerprint density at radius 3 is 2.41 bits per heavy atom. The predicted octanol–water partition coefficient (Wildman–Crippen LogP) is 3.05. The summed E-state index contributed by atoms with van der Waals surface area (Å²) >= 11 is 0. The van der Waals surface area contributed by atoms with Crippen LogP contribution >= 0.6 is 0 Å². The highest BCUT2D eigenvalue weighted by atomic mass is 16.5. The van der Waals surface area contributed by atoms with Gasteiger partial charge in [-0.05, 0) is 24.6 Å². The van der Waals surface area contributed by atoms with Gasteiger partial charge in [-0.2, -0.15) is 5.26 Å². The van der Waals surface area contributed by atoms with E-state index in [-0.39, 0.29) is 6.01 Å². The van der Waals surface area contributed by atoms with Gasteiger partial charge < -0.3 is 4.74 Å². The molecule has 0 atom stereocenters. The molecular formula is C17H13N3O2. The van der Waals surface area contributed by atoms with Crippen LogP contribution < -0.4 is 4.74 Å². The van der Waals surface area contributed by atoms with Crippen LogP contribution in [0, 0.1) is 11.3 Å². The predicted molar refractivity (Wildman–Crippen MR) is 81.8 cm³/mol. The van der Waals surface area contributed by atoms with Crippen molar-refractivity contribution in [2.45, 2.75) is 6.92 Å². The molecule has 0 radical (unpaired) electrons. The fourth-order valence-corrected chi connectivity index (χ4v) is 1.62. The van der Waals surface area contributed by atoms with E-state index in [1.165, 1.54) is 6.08 Å². The summed E-state index contributed by atoms with van der Waals surface area (Å²) in [5.41, 5.74) is 2.24. The zero-order valence-corrected chi connectivity index (χ0v) is 11.9.